The highest BCUT2D eigenvalue weighted by molar-refractivity contribution is 7.71. The zero-order valence-electron chi connectivity index (χ0n) is 14.8. The third-order valence-electron chi connectivity index (χ3n) is 4.01. The Balaban J connectivity index is 0.00000102. The number of aromatic nitrogens is 3. The molecular weight excluding hydrogens is 362 g/mol. The van der Waals surface area contributed by atoms with Crippen molar-refractivity contribution in [3.63, 3.8) is 0 Å². The van der Waals surface area contributed by atoms with Crippen molar-refractivity contribution < 1.29 is 15.3 Å². The number of hydrogen-bond acceptors (Lipinski definition) is 5. The summed E-state index contributed by atoms with van der Waals surface area (Å²) in [6.45, 7) is 4.00. The molecule has 6 nitrogen and oxygen atoms in total. The predicted octanol–water partition coefficient (Wildman–Crippen LogP) is 4.89. The highest BCUT2D eigenvalue weighted by Crippen LogP contribution is 2.35. The molecule has 138 valence electrons. The van der Waals surface area contributed by atoms with Gasteiger partial charge in [0, 0.05) is 16.8 Å². The fraction of sp³-hybridized carbons (Fsp3) is 0.100. The number of rotatable bonds is 2. The van der Waals surface area contributed by atoms with E-state index in [4.69, 9.17) is 12.2 Å². The average molecular weight is 381 g/mol. The van der Waals surface area contributed by atoms with E-state index in [2.05, 4.69) is 10.2 Å². The Kier molecular flexibility index (Phi) is 5.14. The van der Waals surface area contributed by atoms with Crippen LogP contribution in [0.2, 0.25) is 0 Å². The number of nitrogens with zero attached hydrogens (tertiary/aromatic N) is 2. The molecule has 7 heteroatoms. The highest BCUT2D eigenvalue weighted by atomic mass is 32.1. The van der Waals surface area contributed by atoms with Crippen molar-refractivity contribution in [2.24, 2.45) is 0 Å². The molecule has 27 heavy (non-hydrogen) atoms. The lowest BCUT2D eigenvalue weighted by atomic mass is 10.1. The maximum Gasteiger partial charge on any atom is 0.200 e. The van der Waals surface area contributed by atoms with E-state index >= 15 is 0 Å². The van der Waals surface area contributed by atoms with Crippen molar-refractivity contribution in [1.82, 2.24) is 14.8 Å². The first kappa shape index (κ1) is 18.5. The molecule has 0 amide bonds. The van der Waals surface area contributed by atoms with Crippen molar-refractivity contribution in [2.75, 3.05) is 0 Å². The summed E-state index contributed by atoms with van der Waals surface area (Å²) in [6.07, 6.45) is 0. The van der Waals surface area contributed by atoms with E-state index in [1.807, 2.05) is 38.1 Å². The molecule has 0 aliphatic rings. The molecule has 1 heterocycles. The molecule has 3 aromatic carbocycles. The lowest BCUT2D eigenvalue weighted by molar-refractivity contribution is 0.451. The van der Waals surface area contributed by atoms with Crippen LogP contribution >= 0.6 is 12.2 Å². The van der Waals surface area contributed by atoms with E-state index < -0.39 is 0 Å². The van der Waals surface area contributed by atoms with Crippen molar-refractivity contribution in [1.29, 1.82) is 0 Å². The van der Waals surface area contributed by atoms with Gasteiger partial charge in [-0.05, 0) is 36.5 Å². The molecule has 0 bridgehead atoms. The number of H-pyrrole nitrogens is 1. The topological polar surface area (TPSA) is 94.3 Å². The summed E-state index contributed by atoms with van der Waals surface area (Å²) < 4.78 is 2.03. The van der Waals surface area contributed by atoms with Gasteiger partial charge < -0.3 is 15.3 Å². The van der Waals surface area contributed by atoms with Crippen LogP contribution in [-0.2, 0) is 0 Å². The van der Waals surface area contributed by atoms with Crippen molar-refractivity contribution in [3.05, 3.63) is 59.4 Å². The molecular formula is C20H19N3O3S. The third-order valence-corrected chi connectivity index (χ3v) is 4.29. The van der Waals surface area contributed by atoms with Gasteiger partial charge in [0.05, 0.1) is 11.3 Å². The summed E-state index contributed by atoms with van der Waals surface area (Å²) in [5, 5.41) is 38.2. The molecule has 0 fully saturated rings. The van der Waals surface area contributed by atoms with Crippen LogP contribution in [0.15, 0.2) is 54.6 Å². The Morgan fingerprint density at radius 2 is 1.59 bits per heavy atom. The number of nitrogens with one attached hydrogen (secondary N) is 1. The van der Waals surface area contributed by atoms with E-state index in [9.17, 15) is 15.3 Å². The summed E-state index contributed by atoms with van der Waals surface area (Å²) in [7, 11) is 0. The zero-order valence-corrected chi connectivity index (χ0v) is 15.7. The lowest BCUT2D eigenvalue weighted by Gasteiger charge is -2.12. The Morgan fingerprint density at radius 1 is 0.889 bits per heavy atom. The number of phenols is 3. The van der Waals surface area contributed by atoms with Gasteiger partial charge in [-0.25, -0.2) is 0 Å². The first-order chi connectivity index (χ1) is 13.1. The molecule has 0 saturated carbocycles. The quantitative estimate of drug-likeness (QED) is 0.371. The molecule has 0 aliphatic heterocycles. The van der Waals surface area contributed by atoms with Gasteiger partial charge in [0.15, 0.2) is 10.6 Å². The Hall–Kier alpha value is -3.32. The highest BCUT2D eigenvalue weighted by Gasteiger charge is 2.17. The monoisotopic (exact) mass is 381 g/mol. The first-order valence-electron chi connectivity index (χ1n) is 8.47. The van der Waals surface area contributed by atoms with Gasteiger partial charge in [-0.15, -0.1) is 0 Å². The molecule has 0 atom stereocenters. The van der Waals surface area contributed by atoms with E-state index in [0.29, 0.717) is 21.5 Å². The van der Waals surface area contributed by atoms with E-state index in [0.717, 1.165) is 11.1 Å². The minimum atomic E-state index is -0.113. The molecule has 4 aromatic rings. The van der Waals surface area contributed by atoms with Crippen LogP contribution in [-0.4, -0.2) is 30.1 Å². The minimum absolute atomic E-state index is 0.0444. The van der Waals surface area contributed by atoms with Gasteiger partial charge in [0.1, 0.15) is 17.2 Å². The van der Waals surface area contributed by atoms with Crippen LogP contribution < -0.4 is 0 Å². The summed E-state index contributed by atoms with van der Waals surface area (Å²) >= 11 is 5.37. The second-order valence-corrected chi connectivity index (χ2v) is 5.93. The molecule has 1 aromatic heterocycles. The second-order valence-electron chi connectivity index (χ2n) is 5.54. The van der Waals surface area contributed by atoms with Gasteiger partial charge in [-0.1, -0.05) is 38.1 Å². The molecule has 4 rings (SSSR count). The number of phenolic OH excluding ortho intramolecular Hbond substituents is 3. The first-order valence-corrected chi connectivity index (χ1v) is 8.88. The molecule has 0 radical (unpaired) electrons. The number of aromatic hydroxyl groups is 3. The van der Waals surface area contributed by atoms with Crippen molar-refractivity contribution in [3.8, 4) is 34.3 Å². The van der Waals surface area contributed by atoms with Crippen molar-refractivity contribution in [2.45, 2.75) is 13.8 Å². The smallest absolute Gasteiger partial charge is 0.200 e. The van der Waals surface area contributed by atoms with Crippen LogP contribution in [0.4, 0.5) is 0 Å². The normalized spacial score (nSPS) is 10.4. The Bertz CT molecular complexity index is 1160. The summed E-state index contributed by atoms with van der Waals surface area (Å²) in [4.78, 5) is 0. The molecule has 0 unspecified atom stereocenters. The largest absolute Gasteiger partial charge is 0.508 e. The van der Waals surface area contributed by atoms with Gasteiger partial charge in [0.25, 0.3) is 0 Å². The SMILES string of the molecule is CC.Oc1ccc(-c2n[nH]c(=S)n2-c2ccc(O)c3ccccc23)c(O)c1. The number of fused-ring (bicyclic) bond motifs is 1. The van der Waals surface area contributed by atoms with Crippen LogP contribution in [0.3, 0.4) is 0 Å². The van der Waals surface area contributed by atoms with Gasteiger partial charge in [-0.2, -0.15) is 5.10 Å². The predicted molar refractivity (Wildman–Crippen MR) is 108 cm³/mol. The third kappa shape index (κ3) is 3.24. The van der Waals surface area contributed by atoms with Crippen LogP contribution in [0.5, 0.6) is 17.2 Å². The van der Waals surface area contributed by atoms with Gasteiger partial charge in [0.2, 0.25) is 0 Å². The standard InChI is InChI=1S/C18H13N3O3S.C2H6/c22-10-5-6-13(16(24)9-10)17-19-20-18(25)21(17)14-7-8-15(23)12-4-2-1-3-11(12)14;1-2/h1-9,22-24H,(H,20,25);1-2H3. The maximum atomic E-state index is 10.2. The number of aromatic amines is 1. The number of hydrogen-bond donors (Lipinski definition) is 4. The Labute approximate surface area is 161 Å². The Morgan fingerprint density at radius 3 is 2.30 bits per heavy atom. The van der Waals surface area contributed by atoms with Crippen LogP contribution in [0.25, 0.3) is 27.8 Å². The average Bonchev–Trinajstić information content (AvgIpc) is 3.05. The number of benzene rings is 3. The van der Waals surface area contributed by atoms with E-state index in [-0.39, 0.29) is 17.2 Å². The summed E-state index contributed by atoms with van der Waals surface area (Å²) in [6, 6.07) is 15.0. The molecule has 0 spiro atoms. The van der Waals surface area contributed by atoms with E-state index in [1.165, 1.54) is 12.1 Å². The van der Waals surface area contributed by atoms with Crippen LogP contribution in [0.1, 0.15) is 13.8 Å². The minimum Gasteiger partial charge on any atom is -0.508 e. The van der Waals surface area contributed by atoms with Crippen molar-refractivity contribution >= 4 is 23.0 Å². The lowest BCUT2D eigenvalue weighted by Crippen LogP contribution is -1.99. The maximum absolute atomic E-state index is 10.2. The molecule has 4 N–H and O–H groups in total. The molecule has 0 aliphatic carbocycles. The second kappa shape index (κ2) is 7.51. The fourth-order valence-electron chi connectivity index (χ4n) is 2.87. The summed E-state index contributed by atoms with van der Waals surface area (Å²) in [5.74, 6) is 0.414. The van der Waals surface area contributed by atoms with Gasteiger partial charge >= 0.3 is 0 Å². The van der Waals surface area contributed by atoms with Crippen LogP contribution in [0, 0.1) is 4.77 Å². The molecule has 0 saturated heterocycles. The zero-order chi connectivity index (χ0) is 19.6. The van der Waals surface area contributed by atoms with E-state index in [1.54, 1.807) is 22.8 Å². The fourth-order valence-corrected chi connectivity index (χ4v) is 3.10. The van der Waals surface area contributed by atoms with Gasteiger partial charge in [-0.3, -0.25) is 9.67 Å². The summed E-state index contributed by atoms with van der Waals surface area (Å²) in [5.41, 5.74) is 1.14.